The van der Waals surface area contributed by atoms with Crippen LogP contribution < -0.4 is 0 Å². The largest absolute Gasteiger partial charge is 0.424 e. The molecular weight excluding hydrogens is 180 g/mol. The molecule has 0 radical (unpaired) electrons. The van der Waals surface area contributed by atoms with E-state index in [-0.39, 0.29) is 0 Å². The van der Waals surface area contributed by atoms with Gasteiger partial charge in [-0.05, 0) is 0 Å². The van der Waals surface area contributed by atoms with Crippen molar-refractivity contribution in [3.63, 3.8) is 0 Å². The zero-order chi connectivity index (χ0) is 9.72. The minimum atomic E-state index is -3.52. The number of hydrogen-bond acceptors (Lipinski definition) is 2. The second-order valence-electron chi connectivity index (χ2n) is 1.77. The van der Waals surface area contributed by atoms with Crippen molar-refractivity contribution in [1.82, 2.24) is 0 Å². The molecule has 0 fully saturated rings. The van der Waals surface area contributed by atoms with Gasteiger partial charge in [-0.1, -0.05) is 6.58 Å². The molecule has 0 aliphatic carbocycles. The number of alkyl halides is 4. The third-order valence-corrected chi connectivity index (χ3v) is 0.886. The van der Waals surface area contributed by atoms with Crippen molar-refractivity contribution in [1.29, 1.82) is 0 Å². The fourth-order valence-corrected chi connectivity index (χ4v) is 0.338. The van der Waals surface area contributed by atoms with Gasteiger partial charge in [0.25, 0.3) is 12.8 Å². The van der Waals surface area contributed by atoms with Crippen LogP contribution in [0.5, 0.6) is 0 Å². The summed E-state index contributed by atoms with van der Waals surface area (Å²) in [7, 11) is 0. The number of rotatable bonds is 4. The molecule has 0 aromatic carbocycles. The van der Waals surface area contributed by atoms with Gasteiger partial charge in [0, 0.05) is 6.08 Å². The number of hydrogen-bond donors (Lipinski definition) is 0. The highest BCUT2D eigenvalue weighted by molar-refractivity contribution is 5.81. The van der Waals surface area contributed by atoms with Crippen molar-refractivity contribution >= 4 is 5.97 Å². The highest BCUT2D eigenvalue weighted by Crippen LogP contribution is 2.14. The van der Waals surface area contributed by atoms with Gasteiger partial charge in [-0.2, -0.15) is 4.39 Å². The Hall–Kier alpha value is -1.07. The number of carbonyl (C=O) groups excluding carboxylic acids is 1. The molecule has 6 heteroatoms. The number of halogens is 4. The summed E-state index contributed by atoms with van der Waals surface area (Å²) in [6.45, 7) is 2.87. The quantitative estimate of drug-likeness (QED) is 0.378. The second kappa shape index (κ2) is 4.74. The van der Waals surface area contributed by atoms with Gasteiger partial charge >= 0.3 is 5.97 Å². The van der Waals surface area contributed by atoms with Gasteiger partial charge in [0.05, 0.1) is 0 Å². The summed E-state index contributed by atoms with van der Waals surface area (Å²) < 4.78 is 50.5. The average Bonchev–Trinajstić information content (AvgIpc) is 2.02. The Labute approximate surface area is 65.8 Å². The SMILES string of the molecule is C=CC(=O)OC(F)C(F)C(F)F. The first kappa shape index (κ1) is 10.9. The third kappa shape index (κ3) is 3.36. The molecule has 70 valence electrons. The Kier molecular flexibility index (Phi) is 4.31. The molecule has 0 aliphatic rings. The maximum atomic E-state index is 12.1. The molecule has 0 heterocycles. The van der Waals surface area contributed by atoms with E-state index in [1.54, 1.807) is 0 Å². The van der Waals surface area contributed by atoms with Crippen LogP contribution in [0.2, 0.25) is 0 Å². The molecule has 0 spiro atoms. The van der Waals surface area contributed by atoms with Crippen LogP contribution in [-0.4, -0.2) is 24.9 Å². The molecule has 0 amide bonds. The number of esters is 1. The molecule has 0 rings (SSSR count). The molecule has 0 N–H and O–H groups in total. The van der Waals surface area contributed by atoms with Crippen LogP contribution in [0.4, 0.5) is 17.6 Å². The Bertz CT molecular complexity index is 171. The molecule has 0 saturated heterocycles. The zero-order valence-corrected chi connectivity index (χ0v) is 5.84. The molecule has 0 saturated carbocycles. The Morgan fingerprint density at radius 1 is 1.33 bits per heavy atom. The van der Waals surface area contributed by atoms with Gasteiger partial charge < -0.3 is 4.74 Å². The lowest BCUT2D eigenvalue weighted by molar-refractivity contribution is -0.166. The van der Waals surface area contributed by atoms with Gasteiger partial charge in [-0.15, -0.1) is 0 Å². The van der Waals surface area contributed by atoms with Gasteiger partial charge in [0.15, 0.2) is 0 Å². The highest BCUT2D eigenvalue weighted by atomic mass is 19.3. The van der Waals surface area contributed by atoms with Crippen LogP contribution in [0.25, 0.3) is 0 Å². The van der Waals surface area contributed by atoms with E-state index < -0.39 is 24.9 Å². The van der Waals surface area contributed by atoms with E-state index in [9.17, 15) is 22.4 Å². The van der Waals surface area contributed by atoms with Gasteiger partial charge in [0.2, 0.25) is 6.17 Å². The molecule has 12 heavy (non-hydrogen) atoms. The molecule has 0 aromatic rings. The smallest absolute Gasteiger partial charge is 0.332 e. The maximum absolute atomic E-state index is 12.1. The lowest BCUT2D eigenvalue weighted by atomic mass is 10.4. The van der Waals surface area contributed by atoms with Crippen molar-refractivity contribution < 1.29 is 27.1 Å². The summed E-state index contributed by atoms with van der Waals surface area (Å²) in [5.74, 6) is -1.29. The van der Waals surface area contributed by atoms with E-state index in [0.29, 0.717) is 6.08 Å². The first-order valence-electron chi connectivity index (χ1n) is 2.88. The Morgan fingerprint density at radius 3 is 2.17 bits per heavy atom. The van der Waals surface area contributed by atoms with Crippen molar-refractivity contribution in [3.8, 4) is 0 Å². The topological polar surface area (TPSA) is 26.3 Å². The van der Waals surface area contributed by atoms with Crippen molar-refractivity contribution in [2.75, 3.05) is 0 Å². The van der Waals surface area contributed by atoms with Crippen LogP contribution >= 0.6 is 0 Å². The first-order valence-corrected chi connectivity index (χ1v) is 2.88. The van der Waals surface area contributed by atoms with E-state index in [2.05, 4.69) is 11.3 Å². The Morgan fingerprint density at radius 2 is 1.83 bits per heavy atom. The van der Waals surface area contributed by atoms with E-state index in [0.717, 1.165) is 0 Å². The molecule has 2 atom stereocenters. The van der Waals surface area contributed by atoms with E-state index in [1.165, 1.54) is 0 Å². The predicted molar refractivity (Wildman–Crippen MR) is 32.1 cm³/mol. The molecule has 2 unspecified atom stereocenters. The summed E-state index contributed by atoms with van der Waals surface area (Å²) in [6, 6.07) is 0. The van der Waals surface area contributed by atoms with Gasteiger partial charge in [0.1, 0.15) is 0 Å². The number of carbonyl (C=O) groups is 1. The highest BCUT2D eigenvalue weighted by Gasteiger charge is 2.32. The standard InChI is InChI=1S/C6H6F4O2/c1-2-3(11)12-6(10)4(7)5(8)9/h2,4-6H,1H2. The molecule has 0 bridgehead atoms. The monoisotopic (exact) mass is 186 g/mol. The third-order valence-electron chi connectivity index (χ3n) is 0.886. The van der Waals surface area contributed by atoms with E-state index in [1.807, 2.05) is 0 Å². The van der Waals surface area contributed by atoms with Crippen LogP contribution in [-0.2, 0) is 9.53 Å². The minimum Gasteiger partial charge on any atom is -0.424 e. The normalized spacial score (nSPS) is 15.4. The predicted octanol–water partition coefficient (Wildman–Crippen LogP) is 1.61. The van der Waals surface area contributed by atoms with Crippen LogP contribution in [0.3, 0.4) is 0 Å². The fourth-order valence-electron chi connectivity index (χ4n) is 0.338. The maximum Gasteiger partial charge on any atom is 0.332 e. The minimum absolute atomic E-state index is 0.546. The van der Waals surface area contributed by atoms with Crippen LogP contribution in [0.15, 0.2) is 12.7 Å². The van der Waals surface area contributed by atoms with Crippen molar-refractivity contribution in [2.24, 2.45) is 0 Å². The van der Waals surface area contributed by atoms with Crippen molar-refractivity contribution in [2.45, 2.75) is 19.0 Å². The molecule has 2 nitrogen and oxygen atoms in total. The summed E-state index contributed by atoms with van der Waals surface area (Å²) in [4.78, 5) is 10.2. The lowest BCUT2D eigenvalue weighted by Gasteiger charge is -2.11. The summed E-state index contributed by atoms with van der Waals surface area (Å²) in [5.41, 5.74) is 0. The van der Waals surface area contributed by atoms with E-state index >= 15 is 0 Å². The zero-order valence-electron chi connectivity index (χ0n) is 5.84. The molecule has 0 aromatic heterocycles. The molecular formula is C6H6F4O2. The number of ether oxygens (including phenoxy) is 1. The van der Waals surface area contributed by atoms with E-state index in [4.69, 9.17) is 0 Å². The summed E-state index contributed by atoms with van der Waals surface area (Å²) in [5, 5.41) is 0. The van der Waals surface area contributed by atoms with Crippen molar-refractivity contribution in [3.05, 3.63) is 12.7 Å². The van der Waals surface area contributed by atoms with Crippen LogP contribution in [0.1, 0.15) is 0 Å². The van der Waals surface area contributed by atoms with Crippen LogP contribution in [0, 0.1) is 0 Å². The summed E-state index contributed by atoms with van der Waals surface area (Å²) >= 11 is 0. The second-order valence-corrected chi connectivity index (χ2v) is 1.77. The lowest BCUT2D eigenvalue weighted by Crippen LogP contribution is -2.29. The first-order chi connectivity index (χ1) is 5.49. The molecule has 0 aliphatic heterocycles. The van der Waals surface area contributed by atoms with Gasteiger partial charge in [-0.3, -0.25) is 0 Å². The Balaban J connectivity index is 3.94. The van der Waals surface area contributed by atoms with Gasteiger partial charge in [-0.25, -0.2) is 18.0 Å². The fraction of sp³-hybridized carbons (Fsp3) is 0.500. The average molecular weight is 186 g/mol. The summed E-state index contributed by atoms with van der Waals surface area (Å²) in [6.07, 6.45) is -9.04.